The van der Waals surface area contributed by atoms with Crippen molar-refractivity contribution in [1.82, 2.24) is 10.2 Å². The molecule has 0 aliphatic heterocycles. The fourth-order valence-electron chi connectivity index (χ4n) is 2.78. The normalized spacial score (nSPS) is 12.0. The Morgan fingerprint density at radius 2 is 1.55 bits per heavy atom. The molecule has 1 unspecified atom stereocenters. The maximum atomic E-state index is 13.2. The summed E-state index contributed by atoms with van der Waals surface area (Å²) < 4.78 is 0. The number of amides is 2. The van der Waals surface area contributed by atoms with Gasteiger partial charge in [0.25, 0.3) is 0 Å². The zero-order chi connectivity index (χ0) is 21.7. The van der Waals surface area contributed by atoms with Crippen LogP contribution in [0.4, 0.5) is 0 Å². The monoisotopic (exact) mass is 474 g/mol. The molecule has 0 heterocycles. The molecule has 0 aliphatic rings. The van der Waals surface area contributed by atoms with E-state index in [1.54, 1.807) is 43.3 Å². The predicted molar refractivity (Wildman–Crippen MR) is 120 cm³/mol. The highest BCUT2D eigenvalue weighted by molar-refractivity contribution is 6.42. The van der Waals surface area contributed by atoms with Gasteiger partial charge in [-0.05, 0) is 56.2 Å². The number of nitrogens with one attached hydrogen (secondary N) is 1. The number of carbonyl (C=O) groups excluding carboxylic acids is 2. The third-order valence-corrected chi connectivity index (χ3v) is 5.77. The Balaban J connectivity index is 2.33. The predicted octanol–water partition coefficient (Wildman–Crippen LogP) is 5.78. The van der Waals surface area contributed by atoms with Crippen LogP contribution in [0.1, 0.15) is 31.9 Å². The van der Waals surface area contributed by atoms with E-state index in [-0.39, 0.29) is 30.8 Å². The van der Waals surface area contributed by atoms with Crippen molar-refractivity contribution in [2.45, 2.75) is 45.8 Å². The van der Waals surface area contributed by atoms with Gasteiger partial charge < -0.3 is 10.2 Å². The summed E-state index contributed by atoms with van der Waals surface area (Å²) in [4.78, 5) is 27.3. The van der Waals surface area contributed by atoms with Crippen LogP contribution in [-0.4, -0.2) is 28.8 Å². The molecule has 0 aromatic heterocycles. The van der Waals surface area contributed by atoms with Gasteiger partial charge in [-0.1, -0.05) is 58.5 Å². The molecule has 156 valence electrons. The topological polar surface area (TPSA) is 49.4 Å². The van der Waals surface area contributed by atoms with E-state index in [1.165, 1.54) is 4.90 Å². The quantitative estimate of drug-likeness (QED) is 0.551. The first-order valence-corrected chi connectivity index (χ1v) is 10.6. The molecule has 0 aliphatic carbocycles. The Bertz CT molecular complexity index is 882. The molecule has 0 spiro atoms. The molecule has 4 nitrogen and oxygen atoms in total. The van der Waals surface area contributed by atoms with Crippen LogP contribution >= 0.6 is 46.4 Å². The maximum absolute atomic E-state index is 13.2. The first-order chi connectivity index (χ1) is 13.6. The second-order valence-electron chi connectivity index (χ2n) is 6.99. The van der Waals surface area contributed by atoms with Gasteiger partial charge in [0.15, 0.2) is 0 Å². The maximum Gasteiger partial charge on any atom is 0.242 e. The summed E-state index contributed by atoms with van der Waals surface area (Å²) >= 11 is 24.5. The van der Waals surface area contributed by atoms with Crippen LogP contribution in [0.2, 0.25) is 20.1 Å². The van der Waals surface area contributed by atoms with E-state index in [9.17, 15) is 9.59 Å². The molecular formula is C21H22Cl4N2O2. The molecule has 0 radical (unpaired) electrons. The lowest BCUT2D eigenvalue weighted by molar-refractivity contribution is -0.140. The summed E-state index contributed by atoms with van der Waals surface area (Å²) in [6, 6.07) is 9.41. The number of halogens is 4. The van der Waals surface area contributed by atoms with Crippen molar-refractivity contribution < 1.29 is 9.59 Å². The van der Waals surface area contributed by atoms with Gasteiger partial charge >= 0.3 is 0 Å². The van der Waals surface area contributed by atoms with Crippen LogP contribution in [-0.2, 0) is 22.6 Å². The fraction of sp³-hybridized carbons (Fsp3) is 0.333. The van der Waals surface area contributed by atoms with Crippen molar-refractivity contribution in [2.24, 2.45) is 0 Å². The Morgan fingerprint density at radius 1 is 0.931 bits per heavy atom. The Labute approximate surface area is 191 Å². The minimum absolute atomic E-state index is 0.0286. The van der Waals surface area contributed by atoms with Gasteiger partial charge in [-0.2, -0.15) is 0 Å². The highest BCUT2D eigenvalue weighted by atomic mass is 35.5. The van der Waals surface area contributed by atoms with Crippen molar-refractivity contribution in [3.05, 3.63) is 67.6 Å². The van der Waals surface area contributed by atoms with Crippen molar-refractivity contribution >= 4 is 58.2 Å². The van der Waals surface area contributed by atoms with Crippen molar-refractivity contribution in [1.29, 1.82) is 0 Å². The Hall–Kier alpha value is -1.46. The van der Waals surface area contributed by atoms with E-state index in [0.717, 1.165) is 5.56 Å². The number of nitrogens with zero attached hydrogens (tertiary/aromatic N) is 1. The molecule has 2 aromatic carbocycles. The number of hydrogen-bond acceptors (Lipinski definition) is 2. The van der Waals surface area contributed by atoms with Crippen LogP contribution in [0, 0.1) is 0 Å². The van der Waals surface area contributed by atoms with Gasteiger partial charge in [0.1, 0.15) is 6.04 Å². The number of benzene rings is 2. The van der Waals surface area contributed by atoms with Crippen LogP contribution in [0.3, 0.4) is 0 Å². The van der Waals surface area contributed by atoms with E-state index in [0.29, 0.717) is 25.7 Å². The molecule has 2 amide bonds. The summed E-state index contributed by atoms with van der Waals surface area (Å²) in [7, 11) is 0. The van der Waals surface area contributed by atoms with Gasteiger partial charge in [0.2, 0.25) is 11.8 Å². The van der Waals surface area contributed by atoms with Gasteiger partial charge in [0, 0.05) is 22.6 Å². The van der Waals surface area contributed by atoms with Crippen LogP contribution in [0.25, 0.3) is 0 Å². The molecule has 0 saturated carbocycles. The summed E-state index contributed by atoms with van der Waals surface area (Å²) in [6.07, 6.45) is -0.0286. The highest BCUT2D eigenvalue weighted by Crippen LogP contribution is 2.27. The number of rotatable bonds is 7. The van der Waals surface area contributed by atoms with Crippen molar-refractivity contribution in [2.75, 3.05) is 0 Å². The lowest BCUT2D eigenvalue weighted by Crippen LogP contribution is -2.49. The van der Waals surface area contributed by atoms with E-state index < -0.39 is 6.04 Å². The average Bonchev–Trinajstić information content (AvgIpc) is 2.64. The number of carbonyl (C=O) groups is 2. The minimum Gasteiger partial charge on any atom is -0.352 e. The van der Waals surface area contributed by atoms with Crippen molar-refractivity contribution in [3.63, 3.8) is 0 Å². The fourth-order valence-corrected chi connectivity index (χ4v) is 3.63. The second kappa shape index (κ2) is 10.5. The lowest BCUT2D eigenvalue weighted by atomic mass is 10.1. The largest absolute Gasteiger partial charge is 0.352 e. The molecular weight excluding hydrogens is 454 g/mol. The molecule has 1 atom stereocenters. The van der Waals surface area contributed by atoms with E-state index in [1.807, 2.05) is 13.8 Å². The van der Waals surface area contributed by atoms with Gasteiger partial charge in [-0.15, -0.1) is 0 Å². The molecule has 29 heavy (non-hydrogen) atoms. The zero-order valence-corrected chi connectivity index (χ0v) is 19.3. The third-order valence-electron chi connectivity index (χ3n) is 4.32. The van der Waals surface area contributed by atoms with Crippen LogP contribution in [0.15, 0.2) is 36.4 Å². The highest BCUT2D eigenvalue weighted by Gasteiger charge is 2.27. The van der Waals surface area contributed by atoms with Crippen LogP contribution in [0.5, 0.6) is 0 Å². The third kappa shape index (κ3) is 6.51. The Kier molecular flexibility index (Phi) is 8.65. The van der Waals surface area contributed by atoms with E-state index in [2.05, 4.69) is 5.32 Å². The molecule has 0 fully saturated rings. The summed E-state index contributed by atoms with van der Waals surface area (Å²) in [5.74, 6) is -0.531. The van der Waals surface area contributed by atoms with Gasteiger partial charge in [0.05, 0.1) is 16.5 Å². The van der Waals surface area contributed by atoms with Gasteiger partial charge in [-0.3, -0.25) is 9.59 Å². The molecule has 2 aromatic rings. The first-order valence-electron chi connectivity index (χ1n) is 9.06. The Morgan fingerprint density at radius 3 is 2.10 bits per heavy atom. The number of hydrogen-bond donors (Lipinski definition) is 1. The van der Waals surface area contributed by atoms with Gasteiger partial charge in [-0.25, -0.2) is 0 Å². The molecule has 8 heteroatoms. The van der Waals surface area contributed by atoms with Crippen LogP contribution < -0.4 is 5.32 Å². The summed E-state index contributed by atoms with van der Waals surface area (Å²) in [6.45, 7) is 5.59. The SMILES string of the molecule is CC(C)NC(=O)C(C)N(Cc1ccc(Cl)c(Cl)c1)C(=O)Cc1c(Cl)cccc1Cl. The smallest absolute Gasteiger partial charge is 0.242 e. The molecule has 1 N–H and O–H groups in total. The standard InChI is InChI=1S/C21H22Cl4N2O2/c1-12(2)26-21(29)13(3)27(11-14-7-8-18(24)19(25)9-14)20(28)10-15-16(22)5-4-6-17(15)23/h4-9,12-13H,10-11H2,1-3H3,(H,26,29). The lowest BCUT2D eigenvalue weighted by Gasteiger charge is -2.30. The summed E-state index contributed by atoms with van der Waals surface area (Å²) in [5.41, 5.74) is 1.28. The molecule has 2 rings (SSSR count). The first kappa shape index (κ1) is 23.8. The average molecular weight is 476 g/mol. The molecule has 0 bridgehead atoms. The summed E-state index contributed by atoms with van der Waals surface area (Å²) in [5, 5.41) is 4.44. The van der Waals surface area contributed by atoms with E-state index in [4.69, 9.17) is 46.4 Å². The molecule has 0 saturated heterocycles. The minimum atomic E-state index is -0.708. The zero-order valence-electron chi connectivity index (χ0n) is 16.3. The van der Waals surface area contributed by atoms with E-state index >= 15 is 0 Å². The van der Waals surface area contributed by atoms with Crippen molar-refractivity contribution in [3.8, 4) is 0 Å². The second-order valence-corrected chi connectivity index (χ2v) is 8.62.